The van der Waals surface area contributed by atoms with Crippen LogP contribution >= 0.6 is 0 Å². The molecule has 0 fully saturated rings. The van der Waals surface area contributed by atoms with E-state index in [2.05, 4.69) is 9.80 Å². The molecule has 222 valence electrons. The highest BCUT2D eigenvalue weighted by Gasteiger charge is 2.36. The molecule has 3 aromatic carbocycles. The van der Waals surface area contributed by atoms with Crippen molar-refractivity contribution in [3.63, 3.8) is 0 Å². The SMILES string of the molecule is CN1CCOCCOCCN(C)CCOc2cc(N3C(=O)c4cccc5c([N+](=O)[O-])ccc(c45)C3=O)ccc2OCC1. The van der Waals surface area contributed by atoms with Crippen LogP contribution in [0.1, 0.15) is 20.7 Å². The molecule has 0 atom stereocenters. The number of imide groups is 1. The smallest absolute Gasteiger partial charge is 0.277 e. The molecule has 0 N–H and O–H groups in total. The lowest BCUT2D eigenvalue weighted by molar-refractivity contribution is -0.383. The zero-order valence-corrected chi connectivity index (χ0v) is 23.7. The predicted octanol–water partition coefficient (Wildman–Crippen LogP) is 3.22. The van der Waals surface area contributed by atoms with Crippen LogP contribution in [0.2, 0.25) is 0 Å². The van der Waals surface area contributed by atoms with Gasteiger partial charge < -0.3 is 28.7 Å². The van der Waals surface area contributed by atoms with Crippen molar-refractivity contribution in [2.45, 2.75) is 0 Å². The Balaban J connectivity index is 1.43. The molecule has 2 amide bonds. The van der Waals surface area contributed by atoms with Gasteiger partial charge in [-0.3, -0.25) is 19.7 Å². The van der Waals surface area contributed by atoms with Crippen molar-refractivity contribution in [1.29, 1.82) is 0 Å². The minimum atomic E-state index is -0.566. The highest BCUT2D eigenvalue weighted by Crippen LogP contribution is 2.39. The van der Waals surface area contributed by atoms with Crippen molar-refractivity contribution in [3.8, 4) is 11.5 Å². The fourth-order valence-electron chi connectivity index (χ4n) is 4.95. The number of nitro groups is 1. The van der Waals surface area contributed by atoms with Crippen molar-refractivity contribution >= 4 is 34.0 Å². The fraction of sp³-hybridized carbons (Fsp3) is 0.400. The van der Waals surface area contributed by atoms with E-state index in [0.29, 0.717) is 69.9 Å². The van der Waals surface area contributed by atoms with E-state index in [0.717, 1.165) is 18.0 Å². The Kier molecular flexibility index (Phi) is 9.28. The first kappa shape index (κ1) is 29.4. The zero-order chi connectivity index (χ0) is 29.6. The van der Waals surface area contributed by atoms with Crippen LogP contribution in [0.4, 0.5) is 11.4 Å². The fourth-order valence-corrected chi connectivity index (χ4v) is 4.95. The Hall–Kier alpha value is -4.10. The van der Waals surface area contributed by atoms with Gasteiger partial charge in [-0.05, 0) is 44.4 Å². The first-order valence-electron chi connectivity index (χ1n) is 13.9. The van der Waals surface area contributed by atoms with Crippen LogP contribution in [-0.4, -0.2) is 106 Å². The Bertz CT molecular complexity index is 1460. The lowest BCUT2D eigenvalue weighted by atomic mass is 9.92. The highest BCUT2D eigenvalue weighted by molar-refractivity contribution is 6.36. The number of benzene rings is 3. The maximum Gasteiger partial charge on any atom is 0.277 e. The first-order chi connectivity index (χ1) is 20.3. The molecule has 0 spiro atoms. The van der Waals surface area contributed by atoms with E-state index in [1.165, 1.54) is 12.1 Å². The van der Waals surface area contributed by atoms with Crippen molar-refractivity contribution in [2.24, 2.45) is 0 Å². The topological polar surface area (TPSA) is 124 Å². The van der Waals surface area contributed by atoms with Crippen LogP contribution in [0, 0.1) is 10.1 Å². The summed E-state index contributed by atoms with van der Waals surface area (Å²) >= 11 is 0. The first-order valence-corrected chi connectivity index (χ1v) is 13.9. The van der Waals surface area contributed by atoms with Crippen LogP contribution in [0.15, 0.2) is 48.5 Å². The highest BCUT2D eigenvalue weighted by atomic mass is 16.6. The minimum absolute atomic E-state index is 0.159. The number of carbonyl (C=O) groups excluding carboxylic acids is 2. The largest absolute Gasteiger partial charge is 0.488 e. The van der Waals surface area contributed by atoms with Gasteiger partial charge in [0.1, 0.15) is 13.2 Å². The van der Waals surface area contributed by atoms with Gasteiger partial charge in [-0.25, -0.2) is 4.90 Å². The van der Waals surface area contributed by atoms with Gasteiger partial charge in [0.25, 0.3) is 17.5 Å². The van der Waals surface area contributed by atoms with E-state index in [9.17, 15) is 19.7 Å². The molecule has 3 aromatic rings. The summed E-state index contributed by atoms with van der Waals surface area (Å²) in [6.07, 6.45) is 0. The summed E-state index contributed by atoms with van der Waals surface area (Å²) in [5.74, 6) is -0.241. The molecule has 0 aliphatic carbocycles. The molecule has 12 heteroatoms. The minimum Gasteiger partial charge on any atom is -0.488 e. The van der Waals surface area contributed by atoms with Gasteiger partial charge >= 0.3 is 0 Å². The van der Waals surface area contributed by atoms with Crippen molar-refractivity contribution < 1.29 is 33.5 Å². The second-order valence-corrected chi connectivity index (χ2v) is 10.2. The van der Waals surface area contributed by atoms with Gasteiger partial charge in [-0.2, -0.15) is 0 Å². The molecule has 0 aromatic heterocycles. The Morgan fingerprint density at radius 1 is 0.714 bits per heavy atom. The van der Waals surface area contributed by atoms with Crippen LogP contribution in [0.3, 0.4) is 0 Å². The van der Waals surface area contributed by atoms with E-state index in [1.807, 2.05) is 14.1 Å². The number of nitro benzene ring substituents is 1. The molecule has 12 nitrogen and oxygen atoms in total. The number of hydrogen-bond acceptors (Lipinski definition) is 10. The Morgan fingerprint density at radius 2 is 1.31 bits per heavy atom. The Morgan fingerprint density at radius 3 is 1.95 bits per heavy atom. The van der Waals surface area contributed by atoms with Crippen molar-refractivity contribution in [1.82, 2.24) is 9.80 Å². The van der Waals surface area contributed by atoms with E-state index < -0.39 is 16.7 Å². The summed E-state index contributed by atoms with van der Waals surface area (Å²) in [5, 5.41) is 12.1. The van der Waals surface area contributed by atoms with Crippen LogP contribution in [0.5, 0.6) is 11.5 Å². The number of anilines is 1. The molecule has 5 rings (SSSR count). The van der Waals surface area contributed by atoms with Crippen molar-refractivity contribution in [2.75, 3.05) is 84.8 Å². The van der Waals surface area contributed by atoms with E-state index >= 15 is 0 Å². The quantitative estimate of drug-likeness (QED) is 0.254. The average Bonchev–Trinajstić information content (AvgIpc) is 2.97. The van der Waals surface area contributed by atoms with Crippen LogP contribution < -0.4 is 14.4 Å². The molecular weight excluding hydrogens is 544 g/mol. The van der Waals surface area contributed by atoms with E-state index in [4.69, 9.17) is 18.9 Å². The van der Waals surface area contributed by atoms with E-state index in [1.54, 1.807) is 36.4 Å². The molecule has 2 aliphatic rings. The number of fused-ring (bicyclic) bond motifs is 1. The lowest BCUT2D eigenvalue weighted by Crippen LogP contribution is -2.40. The number of carbonyl (C=O) groups is 2. The Labute approximate surface area is 243 Å². The standard InChI is InChI=1S/C30H34N4O8/c1-31-10-14-39-18-19-40-15-11-32(2)13-17-42-27-20-21(6-9-26(27)41-16-12-31)33-29(35)23-5-3-4-22-25(34(37)38)8-7-24(28(22)23)30(33)36/h3-9,20H,10-19H2,1-2H3. The second kappa shape index (κ2) is 13.3. The maximum atomic E-state index is 13.7. The molecule has 0 unspecified atom stereocenters. The van der Waals surface area contributed by atoms with Gasteiger partial charge in [-0.1, -0.05) is 6.07 Å². The molecule has 42 heavy (non-hydrogen) atoms. The predicted molar refractivity (Wildman–Crippen MR) is 156 cm³/mol. The van der Waals surface area contributed by atoms with Gasteiger partial charge in [-0.15, -0.1) is 0 Å². The molecule has 0 saturated carbocycles. The third-order valence-corrected chi connectivity index (χ3v) is 7.33. The summed E-state index contributed by atoms with van der Waals surface area (Å²) in [6, 6.07) is 12.4. The average molecular weight is 579 g/mol. The molecule has 0 saturated heterocycles. The number of hydrogen-bond donors (Lipinski definition) is 0. The summed E-state index contributed by atoms with van der Waals surface area (Å²) < 4.78 is 23.5. The van der Waals surface area contributed by atoms with Crippen LogP contribution in [0.25, 0.3) is 10.8 Å². The molecule has 2 heterocycles. The molecule has 0 bridgehead atoms. The summed E-state index contributed by atoms with van der Waals surface area (Å²) in [7, 11) is 3.96. The third kappa shape index (κ3) is 6.36. The molecular formula is C30H34N4O8. The van der Waals surface area contributed by atoms with Gasteiger partial charge in [0.15, 0.2) is 11.5 Å². The number of ether oxygens (including phenoxy) is 4. The second-order valence-electron chi connectivity index (χ2n) is 10.2. The number of nitrogens with zero attached hydrogens (tertiary/aromatic N) is 4. The summed E-state index contributed by atoms with van der Waals surface area (Å²) in [5.41, 5.74) is 0.593. The normalized spacial score (nSPS) is 18.5. The van der Waals surface area contributed by atoms with Gasteiger partial charge in [0, 0.05) is 54.8 Å². The van der Waals surface area contributed by atoms with Gasteiger partial charge in [0.2, 0.25) is 0 Å². The number of likely N-dealkylation sites (N-methyl/N-ethyl adjacent to an activating group) is 2. The lowest BCUT2D eigenvalue weighted by Gasteiger charge is -2.28. The maximum absolute atomic E-state index is 13.7. The van der Waals surface area contributed by atoms with E-state index in [-0.39, 0.29) is 27.6 Å². The molecule has 0 radical (unpaired) electrons. The number of non-ortho nitro benzene ring substituents is 1. The zero-order valence-electron chi connectivity index (χ0n) is 23.7. The third-order valence-electron chi connectivity index (χ3n) is 7.33. The number of rotatable bonds is 2. The monoisotopic (exact) mass is 578 g/mol. The van der Waals surface area contributed by atoms with Crippen LogP contribution in [-0.2, 0) is 9.47 Å². The summed E-state index contributed by atoms with van der Waals surface area (Å²) in [4.78, 5) is 43.7. The summed E-state index contributed by atoms with van der Waals surface area (Å²) in [6.45, 7) is 5.71. The van der Waals surface area contributed by atoms with Crippen molar-refractivity contribution in [3.05, 3.63) is 69.8 Å². The number of amides is 2. The molecule has 2 aliphatic heterocycles. The van der Waals surface area contributed by atoms with Gasteiger partial charge in [0.05, 0.1) is 42.4 Å².